The van der Waals surface area contributed by atoms with Crippen LogP contribution in [0.1, 0.15) is 28.4 Å². The van der Waals surface area contributed by atoms with E-state index >= 15 is 0 Å². The van der Waals surface area contributed by atoms with Gasteiger partial charge in [-0.1, -0.05) is 6.58 Å². The summed E-state index contributed by atoms with van der Waals surface area (Å²) < 4.78 is 6.80. The van der Waals surface area contributed by atoms with Gasteiger partial charge in [0.1, 0.15) is 5.82 Å². The third-order valence-corrected chi connectivity index (χ3v) is 9.59. The van der Waals surface area contributed by atoms with Crippen molar-refractivity contribution in [3.8, 4) is 11.3 Å². The van der Waals surface area contributed by atoms with Crippen LogP contribution in [0, 0.1) is 0 Å². The van der Waals surface area contributed by atoms with Gasteiger partial charge in [-0.25, -0.2) is 9.97 Å². The Balaban J connectivity index is 1.19. The highest BCUT2D eigenvalue weighted by atomic mass is 16.5. The summed E-state index contributed by atoms with van der Waals surface area (Å²) in [6.07, 6.45) is 8.19. The molecule has 1 aromatic carbocycles. The van der Waals surface area contributed by atoms with Crippen LogP contribution < -0.4 is 26.0 Å². The summed E-state index contributed by atoms with van der Waals surface area (Å²) in [5, 5.41) is 16.7. The smallest absolute Gasteiger partial charge is 0.293 e. The number of aliphatic hydroxyl groups is 1. The zero-order valence-electron chi connectivity index (χ0n) is 28.0. The lowest BCUT2D eigenvalue weighted by Crippen LogP contribution is -2.59. The second-order valence-corrected chi connectivity index (χ2v) is 12.7. The lowest BCUT2D eigenvalue weighted by atomic mass is 10.00. The minimum Gasteiger partial charge on any atom is -0.392 e. The van der Waals surface area contributed by atoms with E-state index in [-0.39, 0.29) is 29.2 Å². The number of nitrogens with zero attached hydrogens (tertiary/aromatic N) is 7. The van der Waals surface area contributed by atoms with Gasteiger partial charge in [-0.05, 0) is 55.3 Å². The number of aliphatic hydroxyl groups excluding tert-OH is 1. The van der Waals surface area contributed by atoms with Crippen LogP contribution in [0.25, 0.3) is 11.3 Å². The summed E-state index contributed by atoms with van der Waals surface area (Å²) >= 11 is 0. The number of ether oxygens (including phenoxy) is 1. The number of hydrogen-bond donors (Lipinski definition) is 3. The van der Waals surface area contributed by atoms with Crippen LogP contribution >= 0.6 is 0 Å². The number of aromatic nitrogens is 4. The van der Waals surface area contributed by atoms with E-state index in [4.69, 9.17) is 9.72 Å². The van der Waals surface area contributed by atoms with Crippen molar-refractivity contribution in [2.75, 3.05) is 59.8 Å². The zero-order chi connectivity index (χ0) is 34.9. The van der Waals surface area contributed by atoms with Gasteiger partial charge in [-0.2, -0.15) is 0 Å². The highest BCUT2D eigenvalue weighted by Gasteiger charge is 2.33. The van der Waals surface area contributed by atoms with E-state index in [9.17, 15) is 19.5 Å². The SMILES string of the molecule is C=CC(=O)Nc1cc(Nc2nc(-c3ccnc(N4CCc5ccncc5C4=O)c3CO)cn(C)c2=O)ccc1N1CCN(C2COC2)C[C@@H]1C. The van der Waals surface area contributed by atoms with Crippen molar-refractivity contribution in [1.29, 1.82) is 0 Å². The van der Waals surface area contributed by atoms with Crippen molar-refractivity contribution in [2.24, 2.45) is 7.05 Å². The Labute approximate surface area is 289 Å². The van der Waals surface area contributed by atoms with Gasteiger partial charge >= 0.3 is 0 Å². The van der Waals surface area contributed by atoms with Gasteiger partial charge in [0.15, 0.2) is 5.82 Å². The lowest BCUT2D eigenvalue weighted by molar-refractivity contribution is -0.111. The summed E-state index contributed by atoms with van der Waals surface area (Å²) in [4.78, 5) is 58.9. The van der Waals surface area contributed by atoms with Crippen molar-refractivity contribution < 1.29 is 19.4 Å². The Hall–Kier alpha value is -5.44. The lowest BCUT2D eigenvalue weighted by Gasteiger charge is -2.46. The molecule has 1 atom stereocenters. The summed E-state index contributed by atoms with van der Waals surface area (Å²) in [7, 11) is 1.62. The average Bonchev–Trinajstić information content (AvgIpc) is 3.10. The Morgan fingerprint density at radius 1 is 1.12 bits per heavy atom. The maximum Gasteiger partial charge on any atom is 0.293 e. The van der Waals surface area contributed by atoms with Gasteiger partial charge in [0, 0.05) is 80.9 Å². The monoisotopic (exact) mass is 677 g/mol. The largest absolute Gasteiger partial charge is 0.392 e. The number of fused-ring (bicyclic) bond motifs is 1. The number of benzene rings is 1. The molecule has 0 unspecified atom stereocenters. The van der Waals surface area contributed by atoms with Gasteiger partial charge in [0.25, 0.3) is 11.5 Å². The van der Waals surface area contributed by atoms with E-state index in [2.05, 4.69) is 43.9 Å². The zero-order valence-corrected chi connectivity index (χ0v) is 28.0. The van der Waals surface area contributed by atoms with Gasteiger partial charge < -0.3 is 29.9 Å². The van der Waals surface area contributed by atoms with Gasteiger partial charge in [-0.15, -0.1) is 0 Å². The number of pyridine rings is 2. The fourth-order valence-corrected chi connectivity index (χ4v) is 6.84. The number of rotatable bonds is 9. The minimum absolute atomic E-state index is 0.0414. The normalized spacial score (nSPS) is 18.0. The highest BCUT2D eigenvalue weighted by molar-refractivity contribution is 6.08. The maximum absolute atomic E-state index is 13.5. The molecule has 4 aromatic rings. The number of carbonyl (C=O) groups is 2. The van der Waals surface area contributed by atoms with Gasteiger partial charge in [-0.3, -0.25) is 29.2 Å². The molecule has 0 aliphatic carbocycles. The molecule has 3 N–H and O–H groups in total. The highest BCUT2D eigenvalue weighted by Crippen LogP contribution is 2.35. The van der Waals surface area contributed by atoms with Crippen LogP contribution in [-0.4, -0.2) is 92.8 Å². The molecular weight excluding hydrogens is 638 g/mol. The number of piperazine rings is 1. The Bertz CT molecular complexity index is 2030. The molecule has 14 heteroatoms. The van der Waals surface area contributed by atoms with Crippen LogP contribution in [0.2, 0.25) is 0 Å². The molecule has 0 bridgehead atoms. The third-order valence-electron chi connectivity index (χ3n) is 9.59. The van der Waals surface area contributed by atoms with Crippen LogP contribution in [0.3, 0.4) is 0 Å². The molecule has 3 aliphatic rings. The first kappa shape index (κ1) is 33.1. The van der Waals surface area contributed by atoms with Gasteiger partial charge in [0.2, 0.25) is 5.91 Å². The molecule has 2 saturated heterocycles. The predicted molar refractivity (Wildman–Crippen MR) is 190 cm³/mol. The summed E-state index contributed by atoms with van der Waals surface area (Å²) in [5.74, 6) is -0.237. The fourth-order valence-electron chi connectivity index (χ4n) is 6.84. The summed E-state index contributed by atoms with van der Waals surface area (Å²) in [6.45, 7) is 9.80. The molecule has 258 valence electrons. The van der Waals surface area contributed by atoms with E-state index in [0.29, 0.717) is 58.6 Å². The third kappa shape index (κ3) is 6.24. The van der Waals surface area contributed by atoms with E-state index in [1.807, 2.05) is 18.2 Å². The Morgan fingerprint density at radius 3 is 2.70 bits per heavy atom. The molecule has 3 aliphatic heterocycles. The van der Waals surface area contributed by atoms with Crippen LogP contribution in [0.15, 0.2) is 72.6 Å². The van der Waals surface area contributed by atoms with Crippen molar-refractivity contribution in [1.82, 2.24) is 24.4 Å². The van der Waals surface area contributed by atoms with E-state index in [1.165, 1.54) is 10.6 Å². The molecule has 50 heavy (non-hydrogen) atoms. The predicted octanol–water partition coefficient (Wildman–Crippen LogP) is 2.71. The van der Waals surface area contributed by atoms with E-state index in [1.54, 1.807) is 48.9 Å². The van der Waals surface area contributed by atoms with Crippen molar-refractivity contribution in [3.63, 3.8) is 0 Å². The van der Waals surface area contributed by atoms with E-state index in [0.717, 1.165) is 44.1 Å². The quantitative estimate of drug-likeness (QED) is 0.224. The number of anilines is 5. The van der Waals surface area contributed by atoms with Gasteiger partial charge in [0.05, 0.1) is 48.5 Å². The molecule has 7 rings (SSSR count). The summed E-state index contributed by atoms with van der Waals surface area (Å²) in [6, 6.07) is 9.73. The molecule has 2 fully saturated rings. The van der Waals surface area contributed by atoms with Crippen LogP contribution in [0.4, 0.5) is 28.7 Å². The number of carbonyl (C=O) groups excluding carboxylic acids is 2. The number of aryl methyl sites for hydroxylation is 1. The minimum atomic E-state index is -0.412. The topological polar surface area (TPSA) is 158 Å². The first-order chi connectivity index (χ1) is 24.2. The average molecular weight is 678 g/mol. The van der Waals surface area contributed by atoms with Crippen molar-refractivity contribution in [3.05, 3.63) is 94.8 Å². The number of nitrogens with one attached hydrogen (secondary N) is 2. The molecular formula is C36H39N9O5. The van der Waals surface area contributed by atoms with Crippen molar-refractivity contribution >= 4 is 40.5 Å². The molecule has 3 aromatic heterocycles. The molecule has 2 amide bonds. The molecule has 0 spiro atoms. The molecule has 6 heterocycles. The van der Waals surface area contributed by atoms with Crippen LogP contribution in [0.5, 0.6) is 0 Å². The number of hydrogen-bond acceptors (Lipinski definition) is 11. The molecule has 14 nitrogen and oxygen atoms in total. The maximum atomic E-state index is 13.5. The van der Waals surface area contributed by atoms with Crippen molar-refractivity contribution in [2.45, 2.75) is 32.0 Å². The molecule has 0 radical (unpaired) electrons. The Kier molecular flexibility index (Phi) is 9.14. The molecule has 0 saturated carbocycles. The Morgan fingerprint density at radius 2 is 1.96 bits per heavy atom. The summed E-state index contributed by atoms with van der Waals surface area (Å²) in [5.41, 5.74) is 4.33. The second-order valence-electron chi connectivity index (χ2n) is 12.7. The standard InChI is InChI=1S/C36H39N9O5/c1-4-32(47)40-29-15-24(5-6-31(29)44-14-13-43(17-22(44)2)25-20-50-21-25)39-33-36(49)42(3)18-30(41-33)26-8-11-38-34(28(26)19-46)45-12-9-23-7-10-37-16-27(23)35(45)48/h4-8,10-11,15-16,18,22,25,46H,1,9,12-14,17,19-21H2,2-3H3,(H,39,41)(H,40,47)/t22-/m0/s1. The fraction of sp³-hybridized carbons (Fsp3) is 0.333. The van der Waals surface area contributed by atoms with E-state index < -0.39 is 6.61 Å². The van der Waals surface area contributed by atoms with Crippen LogP contribution in [-0.2, 0) is 29.6 Å². The first-order valence-corrected chi connectivity index (χ1v) is 16.6. The second kappa shape index (κ2) is 13.8. The number of amides is 2. The first-order valence-electron chi connectivity index (χ1n) is 16.6.